The Morgan fingerprint density at radius 2 is 1.85 bits per heavy atom. The summed E-state index contributed by atoms with van der Waals surface area (Å²) in [6, 6.07) is 13.6. The van der Waals surface area contributed by atoms with E-state index in [-0.39, 0.29) is 30.2 Å². The Morgan fingerprint density at radius 3 is 2.62 bits per heavy atom. The first kappa shape index (κ1) is 22.7. The van der Waals surface area contributed by atoms with Crippen molar-refractivity contribution in [3.63, 3.8) is 0 Å². The number of anilines is 1. The summed E-state index contributed by atoms with van der Waals surface area (Å²) in [5.74, 6) is 0.591. The van der Waals surface area contributed by atoms with Gasteiger partial charge in [-0.1, -0.05) is 28.9 Å². The van der Waals surface area contributed by atoms with Crippen molar-refractivity contribution in [2.75, 3.05) is 32.2 Å². The highest BCUT2D eigenvalue weighted by Crippen LogP contribution is 2.36. The number of aryl methyl sites for hydroxylation is 1. The summed E-state index contributed by atoms with van der Waals surface area (Å²) in [7, 11) is 0.173. The maximum atomic E-state index is 12.8. The van der Waals surface area contributed by atoms with Crippen molar-refractivity contribution >= 4 is 15.7 Å². The SMILES string of the molecule is Cc1ccc(S(=O)(=O)NC2COC3C2OCC3n2nnnc2Oc2cccc(N(C)C)c2)cc1. The van der Waals surface area contributed by atoms with Gasteiger partial charge in [-0.2, -0.15) is 4.68 Å². The van der Waals surface area contributed by atoms with Crippen LogP contribution in [0.2, 0.25) is 0 Å². The fraction of sp³-hybridized carbons (Fsp3) is 0.409. The molecule has 12 heteroatoms. The van der Waals surface area contributed by atoms with E-state index in [9.17, 15) is 8.42 Å². The van der Waals surface area contributed by atoms with Crippen molar-refractivity contribution in [2.24, 2.45) is 0 Å². The van der Waals surface area contributed by atoms with Crippen LogP contribution in [0, 0.1) is 6.92 Å². The third-order valence-electron chi connectivity index (χ3n) is 5.98. The summed E-state index contributed by atoms with van der Waals surface area (Å²) in [4.78, 5) is 2.17. The maximum Gasteiger partial charge on any atom is 0.341 e. The number of nitrogens with one attached hydrogen (secondary N) is 1. The molecule has 3 heterocycles. The largest absolute Gasteiger partial charge is 0.423 e. The molecule has 0 amide bonds. The molecular formula is C22H26N6O5S. The lowest BCUT2D eigenvalue weighted by Gasteiger charge is -2.18. The Bertz CT molecular complexity index is 1260. The van der Waals surface area contributed by atoms with Crippen LogP contribution in [0.5, 0.6) is 11.8 Å². The van der Waals surface area contributed by atoms with E-state index in [2.05, 4.69) is 20.2 Å². The van der Waals surface area contributed by atoms with E-state index in [0.29, 0.717) is 5.75 Å². The predicted molar refractivity (Wildman–Crippen MR) is 122 cm³/mol. The molecule has 0 spiro atoms. The molecule has 34 heavy (non-hydrogen) atoms. The molecule has 2 saturated heterocycles. The molecule has 0 aliphatic carbocycles. The third kappa shape index (κ3) is 4.37. The summed E-state index contributed by atoms with van der Waals surface area (Å²) in [5, 5.41) is 11.9. The monoisotopic (exact) mass is 486 g/mol. The van der Waals surface area contributed by atoms with E-state index in [1.165, 1.54) is 4.68 Å². The minimum Gasteiger partial charge on any atom is -0.423 e. The van der Waals surface area contributed by atoms with Crippen molar-refractivity contribution in [1.82, 2.24) is 24.9 Å². The van der Waals surface area contributed by atoms with Crippen LogP contribution in [0.4, 0.5) is 5.69 Å². The number of aromatic nitrogens is 4. The number of benzene rings is 2. The predicted octanol–water partition coefficient (Wildman–Crippen LogP) is 1.53. The first-order chi connectivity index (χ1) is 16.3. The zero-order valence-electron chi connectivity index (χ0n) is 19.0. The topological polar surface area (TPSA) is 121 Å². The lowest BCUT2D eigenvalue weighted by atomic mass is 10.1. The highest BCUT2D eigenvalue weighted by Gasteiger charge is 2.50. The average molecular weight is 487 g/mol. The molecule has 11 nitrogen and oxygen atoms in total. The summed E-state index contributed by atoms with van der Waals surface area (Å²) in [6.45, 7) is 2.35. The number of nitrogens with zero attached hydrogens (tertiary/aromatic N) is 5. The second-order valence-corrected chi connectivity index (χ2v) is 10.3. The molecule has 180 valence electrons. The second-order valence-electron chi connectivity index (χ2n) is 8.60. The van der Waals surface area contributed by atoms with E-state index in [1.54, 1.807) is 24.3 Å². The molecule has 3 aromatic rings. The van der Waals surface area contributed by atoms with Crippen LogP contribution in [0.3, 0.4) is 0 Å². The van der Waals surface area contributed by atoms with Crippen LogP contribution in [-0.4, -0.2) is 74.2 Å². The van der Waals surface area contributed by atoms with E-state index in [4.69, 9.17) is 14.2 Å². The van der Waals surface area contributed by atoms with Crippen molar-refractivity contribution in [2.45, 2.75) is 36.1 Å². The highest BCUT2D eigenvalue weighted by molar-refractivity contribution is 7.89. The van der Waals surface area contributed by atoms with Gasteiger partial charge in [0.25, 0.3) is 0 Å². The smallest absolute Gasteiger partial charge is 0.341 e. The van der Waals surface area contributed by atoms with Crippen LogP contribution in [-0.2, 0) is 19.5 Å². The van der Waals surface area contributed by atoms with Gasteiger partial charge < -0.3 is 19.1 Å². The molecule has 2 aromatic carbocycles. The Kier molecular flexibility index (Phi) is 5.98. The number of ether oxygens (including phenoxy) is 3. The van der Waals surface area contributed by atoms with Gasteiger partial charge in [0.2, 0.25) is 10.0 Å². The van der Waals surface area contributed by atoms with Crippen molar-refractivity contribution in [1.29, 1.82) is 0 Å². The fourth-order valence-corrected chi connectivity index (χ4v) is 5.40. The Morgan fingerprint density at radius 1 is 1.09 bits per heavy atom. The molecule has 5 rings (SSSR count). The minimum absolute atomic E-state index is 0.181. The number of sulfonamides is 1. The van der Waals surface area contributed by atoms with E-state index in [1.807, 2.05) is 50.2 Å². The Hall–Kier alpha value is -3.06. The first-order valence-electron chi connectivity index (χ1n) is 10.9. The molecule has 0 saturated carbocycles. The number of hydrogen-bond donors (Lipinski definition) is 1. The molecular weight excluding hydrogens is 460 g/mol. The molecule has 2 fully saturated rings. The van der Waals surface area contributed by atoms with Crippen LogP contribution in [0.15, 0.2) is 53.4 Å². The van der Waals surface area contributed by atoms with Gasteiger partial charge in [-0.25, -0.2) is 13.1 Å². The summed E-state index contributed by atoms with van der Waals surface area (Å²) in [5.41, 5.74) is 1.96. The number of hydrogen-bond acceptors (Lipinski definition) is 9. The van der Waals surface area contributed by atoms with Gasteiger partial charge in [0.15, 0.2) is 0 Å². The summed E-state index contributed by atoms with van der Waals surface area (Å²) < 4.78 is 47.8. The number of rotatable bonds is 7. The summed E-state index contributed by atoms with van der Waals surface area (Å²) in [6.07, 6.45) is -0.899. The van der Waals surface area contributed by atoms with Crippen molar-refractivity contribution in [3.05, 3.63) is 54.1 Å². The average Bonchev–Trinajstić information content (AvgIpc) is 3.52. The van der Waals surface area contributed by atoms with E-state index < -0.39 is 28.3 Å². The van der Waals surface area contributed by atoms with E-state index in [0.717, 1.165) is 11.3 Å². The lowest BCUT2D eigenvalue weighted by molar-refractivity contribution is 0.0615. The van der Waals surface area contributed by atoms with Crippen LogP contribution >= 0.6 is 0 Å². The van der Waals surface area contributed by atoms with Gasteiger partial charge in [-0.05, 0) is 41.6 Å². The summed E-state index contributed by atoms with van der Waals surface area (Å²) >= 11 is 0. The molecule has 2 aliphatic heterocycles. The van der Waals surface area contributed by atoms with Crippen LogP contribution in [0.25, 0.3) is 0 Å². The second kappa shape index (κ2) is 8.95. The van der Waals surface area contributed by atoms with Crippen molar-refractivity contribution < 1.29 is 22.6 Å². The molecule has 0 bridgehead atoms. The minimum atomic E-state index is -3.72. The van der Waals surface area contributed by atoms with Gasteiger partial charge in [-0.15, -0.1) is 0 Å². The van der Waals surface area contributed by atoms with Crippen molar-refractivity contribution in [3.8, 4) is 11.8 Å². The quantitative estimate of drug-likeness (QED) is 0.530. The number of fused-ring (bicyclic) bond motifs is 1. The van der Waals surface area contributed by atoms with Gasteiger partial charge in [-0.3, -0.25) is 0 Å². The standard InChI is InChI=1S/C22H26N6O5S/c1-14-7-9-17(10-8-14)34(29,30)24-18-12-31-21-19(13-32-20(18)21)28-22(23-25-26-28)33-16-6-4-5-15(11-16)27(2)3/h4-11,18-21,24H,12-13H2,1-3H3. The Labute approximate surface area is 197 Å². The molecule has 0 radical (unpaired) electrons. The molecule has 1 N–H and O–H groups in total. The van der Waals surface area contributed by atoms with Crippen LogP contribution < -0.4 is 14.4 Å². The lowest BCUT2D eigenvalue weighted by Crippen LogP contribution is -2.44. The maximum absolute atomic E-state index is 12.8. The van der Waals surface area contributed by atoms with Gasteiger partial charge in [0, 0.05) is 25.8 Å². The van der Waals surface area contributed by atoms with Gasteiger partial charge in [0.05, 0.1) is 24.2 Å². The zero-order valence-corrected chi connectivity index (χ0v) is 19.8. The molecule has 4 atom stereocenters. The van der Waals surface area contributed by atoms with Gasteiger partial charge >= 0.3 is 6.01 Å². The number of tetrazole rings is 1. The van der Waals surface area contributed by atoms with Crippen LogP contribution in [0.1, 0.15) is 11.6 Å². The van der Waals surface area contributed by atoms with E-state index >= 15 is 0 Å². The third-order valence-corrected chi connectivity index (χ3v) is 7.49. The fourth-order valence-electron chi connectivity index (χ4n) is 4.17. The highest BCUT2D eigenvalue weighted by atomic mass is 32.2. The van der Waals surface area contributed by atoms with Gasteiger partial charge in [0.1, 0.15) is 24.0 Å². The molecule has 2 aliphatic rings. The molecule has 1 aromatic heterocycles. The first-order valence-corrected chi connectivity index (χ1v) is 12.4. The normalized spacial score (nSPS) is 24.2. The molecule has 4 unspecified atom stereocenters. The zero-order chi connectivity index (χ0) is 23.9. The Balaban J connectivity index is 1.30.